The first-order valence-electron chi connectivity index (χ1n) is 9.69. The molecule has 4 rings (SSSR count). The molecule has 0 aliphatic carbocycles. The van der Waals surface area contributed by atoms with Crippen LogP contribution in [0.5, 0.6) is 5.75 Å². The molecule has 0 saturated carbocycles. The van der Waals surface area contributed by atoms with E-state index in [2.05, 4.69) is 5.32 Å². The molecule has 1 N–H and O–H groups in total. The van der Waals surface area contributed by atoms with Crippen LogP contribution in [0.2, 0.25) is 5.02 Å². The van der Waals surface area contributed by atoms with Crippen molar-refractivity contribution < 1.29 is 17.9 Å². The van der Waals surface area contributed by atoms with Crippen LogP contribution in [0.15, 0.2) is 77.7 Å². The largest absolute Gasteiger partial charge is 0.480 e. The second-order valence-electron chi connectivity index (χ2n) is 7.32. The molecule has 1 aliphatic rings. The Morgan fingerprint density at radius 3 is 2.52 bits per heavy atom. The minimum Gasteiger partial charge on any atom is -0.480 e. The van der Waals surface area contributed by atoms with Gasteiger partial charge in [0.15, 0.2) is 6.10 Å². The number of fused-ring (bicyclic) bond motifs is 1. The third-order valence-corrected chi connectivity index (χ3v) is 7.12. The van der Waals surface area contributed by atoms with Crippen molar-refractivity contribution in [3.8, 4) is 5.75 Å². The van der Waals surface area contributed by atoms with E-state index >= 15 is 0 Å². The lowest BCUT2D eigenvalue weighted by Crippen LogP contribution is -2.31. The van der Waals surface area contributed by atoms with E-state index in [1.807, 2.05) is 30.3 Å². The molecule has 0 spiro atoms. The van der Waals surface area contributed by atoms with Gasteiger partial charge in [-0.2, -0.15) is 4.31 Å². The molecule has 1 unspecified atom stereocenters. The monoisotopic (exact) mass is 456 g/mol. The Balaban J connectivity index is 1.40. The molecule has 31 heavy (non-hydrogen) atoms. The number of carbonyl (C=O) groups excluding carboxylic acids is 1. The van der Waals surface area contributed by atoms with Gasteiger partial charge in [0.25, 0.3) is 5.91 Å². The maximum Gasteiger partial charge on any atom is 0.265 e. The molecule has 160 valence electrons. The van der Waals surface area contributed by atoms with Gasteiger partial charge in [-0.15, -0.1) is 0 Å². The number of benzene rings is 3. The first-order chi connectivity index (χ1) is 14.8. The molecule has 3 aromatic rings. The second kappa shape index (κ2) is 8.70. The van der Waals surface area contributed by atoms with Gasteiger partial charge in [0.2, 0.25) is 10.0 Å². The van der Waals surface area contributed by atoms with Crippen molar-refractivity contribution in [1.29, 1.82) is 0 Å². The molecule has 0 bridgehead atoms. The van der Waals surface area contributed by atoms with E-state index < -0.39 is 16.1 Å². The predicted molar refractivity (Wildman–Crippen MR) is 120 cm³/mol. The van der Waals surface area contributed by atoms with Gasteiger partial charge < -0.3 is 10.1 Å². The summed E-state index contributed by atoms with van der Waals surface area (Å²) in [5.41, 5.74) is 2.28. The number of anilines is 1. The number of rotatable bonds is 6. The van der Waals surface area contributed by atoms with E-state index in [0.29, 0.717) is 22.9 Å². The first kappa shape index (κ1) is 21.4. The van der Waals surface area contributed by atoms with Crippen LogP contribution in [0, 0.1) is 0 Å². The summed E-state index contributed by atoms with van der Waals surface area (Å²) in [6.45, 7) is 0.269. The number of sulfonamides is 1. The van der Waals surface area contributed by atoms with Gasteiger partial charge in [0.1, 0.15) is 5.75 Å². The molecule has 8 heteroatoms. The molecule has 3 aromatic carbocycles. The summed E-state index contributed by atoms with van der Waals surface area (Å²) in [4.78, 5) is 12.7. The highest BCUT2D eigenvalue weighted by atomic mass is 35.5. The van der Waals surface area contributed by atoms with Crippen molar-refractivity contribution in [2.45, 2.75) is 24.0 Å². The number of ether oxygens (including phenoxy) is 1. The average molecular weight is 457 g/mol. The number of halogens is 1. The van der Waals surface area contributed by atoms with E-state index in [4.69, 9.17) is 16.3 Å². The van der Waals surface area contributed by atoms with E-state index in [-0.39, 0.29) is 17.3 Å². The lowest BCUT2D eigenvalue weighted by atomic mass is 10.1. The number of hydrogen-bond donors (Lipinski definition) is 1. The summed E-state index contributed by atoms with van der Waals surface area (Å²) in [6.07, 6.45) is -0.229. The maximum absolute atomic E-state index is 12.8. The summed E-state index contributed by atoms with van der Waals surface area (Å²) in [5, 5.41) is 3.37. The second-order valence-corrected chi connectivity index (χ2v) is 9.80. The molecule has 1 amide bonds. The average Bonchev–Trinajstić information content (AvgIpc) is 3.18. The van der Waals surface area contributed by atoms with Crippen LogP contribution in [-0.2, 0) is 27.8 Å². The predicted octanol–water partition coefficient (Wildman–Crippen LogP) is 4.10. The van der Waals surface area contributed by atoms with Crippen LogP contribution < -0.4 is 10.1 Å². The summed E-state index contributed by atoms with van der Waals surface area (Å²) < 4.78 is 32.7. The van der Waals surface area contributed by atoms with Gasteiger partial charge in [-0.05, 0) is 53.6 Å². The van der Waals surface area contributed by atoms with Gasteiger partial charge in [0, 0.05) is 30.7 Å². The fraction of sp³-hybridized carbons (Fsp3) is 0.174. The van der Waals surface area contributed by atoms with Gasteiger partial charge in [-0.1, -0.05) is 41.9 Å². The Hall–Kier alpha value is -2.87. The summed E-state index contributed by atoms with van der Waals surface area (Å²) in [5.74, 6) is 0.344. The first-order valence-corrected chi connectivity index (χ1v) is 11.5. The summed E-state index contributed by atoms with van der Waals surface area (Å²) in [6, 6.07) is 20.7. The zero-order valence-electron chi connectivity index (χ0n) is 16.8. The van der Waals surface area contributed by atoms with Crippen molar-refractivity contribution in [2.75, 3.05) is 12.4 Å². The van der Waals surface area contributed by atoms with Crippen molar-refractivity contribution in [2.24, 2.45) is 0 Å². The maximum atomic E-state index is 12.8. The smallest absolute Gasteiger partial charge is 0.265 e. The summed E-state index contributed by atoms with van der Waals surface area (Å²) >= 11 is 5.99. The van der Waals surface area contributed by atoms with Gasteiger partial charge in [-0.25, -0.2) is 8.42 Å². The number of nitrogens with one attached hydrogen (secondary N) is 1. The summed E-state index contributed by atoms with van der Waals surface area (Å²) in [7, 11) is -2.11. The van der Waals surface area contributed by atoms with Crippen LogP contribution in [0.4, 0.5) is 5.69 Å². The van der Waals surface area contributed by atoms with Gasteiger partial charge >= 0.3 is 0 Å². The fourth-order valence-corrected chi connectivity index (χ4v) is 4.76. The Bertz CT molecular complexity index is 1200. The number of hydrogen-bond acceptors (Lipinski definition) is 4. The molecule has 0 fully saturated rings. The molecule has 0 saturated heterocycles. The van der Waals surface area contributed by atoms with Gasteiger partial charge in [-0.3, -0.25) is 4.79 Å². The normalized spacial score (nSPS) is 15.4. The third-order valence-electron chi connectivity index (χ3n) is 5.07. The SMILES string of the molecule is CN(Cc1ccccc1)S(=O)(=O)c1ccc(NC(=O)C2Cc3cc(Cl)ccc3O2)cc1. The van der Waals surface area contributed by atoms with E-state index in [1.54, 1.807) is 37.4 Å². The van der Waals surface area contributed by atoms with E-state index in [1.165, 1.54) is 16.4 Å². The van der Waals surface area contributed by atoms with E-state index in [0.717, 1.165) is 11.1 Å². The molecule has 0 radical (unpaired) electrons. The quantitative estimate of drug-likeness (QED) is 0.605. The highest BCUT2D eigenvalue weighted by Gasteiger charge is 2.29. The number of carbonyl (C=O) groups is 1. The third kappa shape index (κ3) is 4.74. The van der Waals surface area contributed by atoms with Crippen LogP contribution in [-0.4, -0.2) is 31.8 Å². The number of nitrogens with zero attached hydrogens (tertiary/aromatic N) is 1. The van der Waals surface area contributed by atoms with Crippen LogP contribution in [0.25, 0.3) is 0 Å². The molecule has 1 heterocycles. The van der Waals surface area contributed by atoms with Crippen molar-refractivity contribution in [3.05, 3.63) is 88.9 Å². The number of amides is 1. The molecule has 1 atom stereocenters. The van der Waals surface area contributed by atoms with Crippen molar-refractivity contribution in [3.63, 3.8) is 0 Å². The Morgan fingerprint density at radius 2 is 1.81 bits per heavy atom. The Labute approximate surface area is 186 Å². The minimum absolute atomic E-state index is 0.156. The lowest BCUT2D eigenvalue weighted by molar-refractivity contribution is -0.122. The minimum atomic E-state index is -3.65. The van der Waals surface area contributed by atoms with E-state index in [9.17, 15) is 13.2 Å². The lowest BCUT2D eigenvalue weighted by Gasteiger charge is -2.18. The van der Waals surface area contributed by atoms with Crippen LogP contribution in [0.3, 0.4) is 0 Å². The van der Waals surface area contributed by atoms with Gasteiger partial charge in [0.05, 0.1) is 4.90 Å². The van der Waals surface area contributed by atoms with Crippen LogP contribution >= 0.6 is 11.6 Å². The highest BCUT2D eigenvalue weighted by Crippen LogP contribution is 2.31. The standard InChI is InChI=1S/C23H21ClN2O4S/c1-26(15-16-5-3-2-4-6-16)31(28,29)20-10-8-19(9-11-20)25-23(27)22-14-17-13-18(24)7-12-21(17)30-22/h2-13,22H,14-15H2,1H3,(H,25,27). The molecule has 1 aliphatic heterocycles. The molecular weight excluding hydrogens is 436 g/mol. The zero-order chi connectivity index (χ0) is 22.0. The fourth-order valence-electron chi connectivity index (χ4n) is 3.40. The van der Waals surface area contributed by atoms with Crippen molar-refractivity contribution >= 4 is 33.2 Å². The Morgan fingerprint density at radius 1 is 1.10 bits per heavy atom. The molecule has 6 nitrogen and oxygen atoms in total. The van der Waals surface area contributed by atoms with Crippen molar-refractivity contribution in [1.82, 2.24) is 4.31 Å². The Kier molecular flexibility index (Phi) is 6.00. The topological polar surface area (TPSA) is 75.7 Å². The molecular formula is C23H21ClN2O4S. The molecule has 0 aromatic heterocycles. The van der Waals surface area contributed by atoms with Crippen LogP contribution in [0.1, 0.15) is 11.1 Å². The zero-order valence-corrected chi connectivity index (χ0v) is 18.4. The highest BCUT2D eigenvalue weighted by molar-refractivity contribution is 7.89.